The largest absolute Gasteiger partial charge is 0.276 e. The Labute approximate surface area is 90.6 Å². The fraction of sp³-hybridized carbons (Fsp3) is 0.250. The third-order valence-corrected chi connectivity index (χ3v) is 1.87. The summed E-state index contributed by atoms with van der Waals surface area (Å²) in [6.07, 6.45) is 3.23. The maximum Gasteiger partial charge on any atom is 0.233 e. The zero-order valence-electron chi connectivity index (χ0n) is 8.63. The van der Waals surface area contributed by atoms with Gasteiger partial charge in [0, 0.05) is 0 Å². The average molecular weight is 205 g/mol. The van der Waals surface area contributed by atoms with Gasteiger partial charge >= 0.3 is 0 Å². The summed E-state index contributed by atoms with van der Waals surface area (Å²) in [5.41, 5.74) is 1.04. The smallest absolute Gasteiger partial charge is 0.233 e. The van der Waals surface area contributed by atoms with E-state index in [1.807, 2.05) is 36.8 Å². The molecule has 80 valence electrons. The summed E-state index contributed by atoms with van der Waals surface area (Å²) >= 11 is 0. The van der Waals surface area contributed by atoms with Crippen LogP contribution in [0.5, 0.6) is 0 Å². The molecule has 1 aromatic carbocycles. The van der Waals surface area contributed by atoms with Crippen molar-refractivity contribution >= 4 is 6.41 Å². The van der Waals surface area contributed by atoms with Crippen molar-refractivity contribution in [1.29, 1.82) is 0 Å². The highest BCUT2D eigenvalue weighted by Crippen LogP contribution is 2.02. The Morgan fingerprint density at radius 2 is 2.07 bits per heavy atom. The Bertz CT molecular complexity index is 274. The van der Waals surface area contributed by atoms with Gasteiger partial charge in [0.05, 0.1) is 6.54 Å². The molecule has 0 aliphatic carbocycles. The lowest BCUT2D eigenvalue weighted by atomic mass is 10.2. The molecule has 0 fully saturated rings. The molecule has 1 aromatic rings. The van der Waals surface area contributed by atoms with E-state index in [2.05, 4.69) is 6.92 Å². The van der Waals surface area contributed by atoms with Crippen LogP contribution in [0.1, 0.15) is 12.0 Å². The molecule has 0 aliphatic rings. The van der Waals surface area contributed by atoms with Crippen molar-refractivity contribution in [3.05, 3.63) is 49.2 Å². The third kappa shape index (κ3) is 4.61. The van der Waals surface area contributed by atoms with Crippen LogP contribution in [-0.2, 0) is 16.2 Å². The van der Waals surface area contributed by atoms with E-state index in [1.165, 1.54) is 5.06 Å². The van der Waals surface area contributed by atoms with Crippen molar-refractivity contribution in [2.45, 2.75) is 13.0 Å². The first-order valence-corrected chi connectivity index (χ1v) is 4.86. The Balaban J connectivity index is 2.31. The minimum Gasteiger partial charge on any atom is -0.276 e. The van der Waals surface area contributed by atoms with Crippen molar-refractivity contribution < 1.29 is 9.63 Å². The van der Waals surface area contributed by atoms with Crippen molar-refractivity contribution in [1.82, 2.24) is 5.06 Å². The van der Waals surface area contributed by atoms with Gasteiger partial charge in [-0.3, -0.25) is 9.63 Å². The van der Waals surface area contributed by atoms with Gasteiger partial charge in [-0.2, -0.15) is 0 Å². The Hall–Kier alpha value is -1.35. The number of hydroxylamine groups is 2. The molecule has 0 aliphatic heterocycles. The first kappa shape index (κ1) is 11.7. The summed E-state index contributed by atoms with van der Waals surface area (Å²) in [4.78, 5) is 15.9. The van der Waals surface area contributed by atoms with Crippen LogP contribution < -0.4 is 0 Å². The maximum absolute atomic E-state index is 10.6. The minimum atomic E-state index is 0.407. The monoisotopic (exact) mass is 205 g/mol. The van der Waals surface area contributed by atoms with Gasteiger partial charge in [0.15, 0.2) is 0 Å². The van der Waals surface area contributed by atoms with Gasteiger partial charge in [-0.25, -0.2) is 5.06 Å². The highest BCUT2D eigenvalue weighted by molar-refractivity contribution is 5.45. The van der Waals surface area contributed by atoms with Crippen LogP contribution >= 0.6 is 0 Å². The van der Waals surface area contributed by atoms with E-state index in [0.717, 1.165) is 5.56 Å². The molecule has 0 atom stereocenters. The molecule has 0 saturated carbocycles. The molecule has 1 amide bonds. The quantitative estimate of drug-likeness (QED) is 0.503. The number of carbonyl (C=O) groups is 1. The van der Waals surface area contributed by atoms with E-state index in [1.54, 1.807) is 0 Å². The SMILES string of the molecule is [CH2]C[CH]CN(C=O)OCc1ccccc1. The molecule has 15 heavy (non-hydrogen) atoms. The number of rotatable bonds is 7. The molecule has 3 nitrogen and oxygen atoms in total. The molecule has 0 N–H and O–H groups in total. The zero-order chi connectivity index (χ0) is 10.9. The van der Waals surface area contributed by atoms with Gasteiger partial charge in [0.25, 0.3) is 0 Å². The highest BCUT2D eigenvalue weighted by atomic mass is 16.7. The Morgan fingerprint density at radius 1 is 1.33 bits per heavy atom. The highest BCUT2D eigenvalue weighted by Gasteiger charge is 2.01. The predicted molar refractivity (Wildman–Crippen MR) is 58.3 cm³/mol. The standard InChI is InChI=1S/C12H15NO2/c1-2-3-9-13(11-14)15-10-12-7-5-4-6-8-12/h3-8,11H,1-2,9-10H2. The number of unbranched alkanes of at least 4 members (excludes halogenated alkanes) is 1. The summed E-state index contributed by atoms with van der Waals surface area (Å²) in [6, 6.07) is 9.72. The third-order valence-electron chi connectivity index (χ3n) is 1.87. The molecule has 0 aromatic heterocycles. The molecule has 0 heterocycles. The van der Waals surface area contributed by atoms with Crippen LogP contribution in [-0.4, -0.2) is 18.0 Å². The second kappa shape index (κ2) is 7.01. The van der Waals surface area contributed by atoms with Crippen LogP contribution in [0.2, 0.25) is 0 Å². The molecule has 0 spiro atoms. The number of amides is 1. The molecule has 0 bridgehead atoms. The van der Waals surface area contributed by atoms with Crippen LogP contribution in [0.15, 0.2) is 30.3 Å². The van der Waals surface area contributed by atoms with E-state index >= 15 is 0 Å². The van der Waals surface area contributed by atoms with Gasteiger partial charge in [-0.1, -0.05) is 37.3 Å². The first-order valence-electron chi connectivity index (χ1n) is 4.86. The van der Waals surface area contributed by atoms with Gasteiger partial charge in [-0.15, -0.1) is 0 Å². The summed E-state index contributed by atoms with van der Waals surface area (Å²) in [6.45, 7) is 4.54. The minimum absolute atomic E-state index is 0.407. The second-order valence-electron chi connectivity index (χ2n) is 3.04. The first-order chi connectivity index (χ1) is 7.36. The summed E-state index contributed by atoms with van der Waals surface area (Å²) in [5.74, 6) is 0. The maximum atomic E-state index is 10.6. The fourth-order valence-electron chi connectivity index (χ4n) is 1.08. The summed E-state index contributed by atoms with van der Waals surface area (Å²) in [7, 11) is 0. The van der Waals surface area contributed by atoms with Gasteiger partial charge in [0.1, 0.15) is 6.61 Å². The van der Waals surface area contributed by atoms with Gasteiger partial charge in [0.2, 0.25) is 6.41 Å². The van der Waals surface area contributed by atoms with E-state index in [9.17, 15) is 4.79 Å². The predicted octanol–water partition coefficient (Wildman–Crippen LogP) is 2.01. The average Bonchev–Trinajstić information content (AvgIpc) is 2.31. The van der Waals surface area contributed by atoms with E-state index in [0.29, 0.717) is 26.0 Å². The number of nitrogens with zero attached hydrogens (tertiary/aromatic N) is 1. The Morgan fingerprint density at radius 3 is 2.67 bits per heavy atom. The molecule has 0 saturated heterocycles. The summed E-state index contributed by atoms with van der Waals surface area (Å²) < 4.78 is 0. The lowest BCUT2D eigenvalue weighted by Crippen LogP contribution is -2.23. The van der Waals surface area contributed by atoms with E-state index < -0.39 is 0 Å². The van der Waals surface area contributed by atoms with Gasteiger partial charge < -0.3 is 0 Å². The lowest BCUT2D eigenvalue weighted by molar-refractivity contribution is -0.174. The lowest BCUT2D eigenvalue weighted by Gasteiger charge is -2.15. The molecule has 2 radical (unpaired) electrons. The normalized spacial score (nSPS) is 9.93. The zero-order valence-corrected chi connectivity index (χ0v) is 8.63. The topological polar surface area (TPSA) is 29.5 Å². The molecule has 1 rings (SSSR count). The van der Waals surface area contributed by atoms with Crippen molar-refractivity contribution in [2.24, 2.45) is 0 Å². The van der Waals surface area contributed by atoms with E-state index in [-0.39, 0.29) is 0 Å². The molecule has 0 unspecified atom stereocenters. The van der Waals surface area contributed by atoms with Crippen molar-refractivity contribution in [3.8, 4) is 0 Å². The summed E-state index contributed by atoms with van der Waals surface area (Å²) in [5, 5.41) is 1.26. The van der Waals surface area contributed by atoms with Crippen LogP contribution in [0, 0.1) is 13.3 Å². The van der Waals surface area contributed by atoms with Gasteiger partial charge in [-0.05, 0) is 18.4 Å². The number of carbonyl (C=O) groups excluding carboxylic acids is 1. The number of benzene rings is 1. The van der Waals surface area contributed by atoms with Crippen LogP contribution in [0.3, 0.4) is 0 Å². The fourth-order valence-corrected chi connectivity index (χ4v) is 1.08. The molecular formula is C12H15NO2. The number of hydrogen-bond acceptors (Lipinski definition) is 2. The molecule has 3 heteroatoms. The van der Waals surface area contributed by atoms with Crippen LogP contribution in [0.4, 0.5) is 0 Å². The Kier molecular flexibility index (Phi) is 5.48. The second-order valence-corrected chi connectivity index (χ2v) is 3.04. The van der Waals surface area contributed by atoms with Crippen molar-refractivity contribution in [2.75, 3.05) is 6.54 Å². The molecular weight excluding hydrogens is 190 g/mol. The van der Waals surface area contributed by atoms with Crippen LogP contribution in [0.25, 0.3) is 0 Å². The van der Waals surface area contributed by atoms with E-state index in [4.69, 9.17) is 4.84 Å². The number of hydrogen-bond donors (Lipinski definition) is 0. The van der Waals surface area contributed by atoms with Crippen molar-refractivity contribution in [3.63, 3.8) is 0 Å².